The molecule has 1 unspecified atom stereocenters. The van der Waals surface area contributed by atoms with E-state index in [1.165, 1.54) is 0 Å². The van der Waals surface area contributed by atoms with Gasteiger partial charge in [-0.3, -0.25) is 4.98 Å². The zero-order chi connectivity index (χ0) is 11.9. The van der Waals surface area contributed by atoms with E-state index in [0.717, 1.165) is 50.5 Å². The second-order valence-corrected chi connectivity index (χ2v) is 4.50. The fourth-order valence-corrected chi connectivity index (χ4v) is 1.91. The van der Waals surface area contributed by atoms with Gasteiger partial charge in [-0.15, -0.1) is 0 Å². The Morgan fingerprint density at radius 1 is 1.35 bits per heavy atom. The fourth-order valence-electron chi connectivity index (χ4n) is 1.91. The second kappa shape index (κ2) is 6.45. The van der Waals surface area contributed by atoms with Gasteiger partial charge in [0.05, 0.1) is 30.4 Å². The maximum absolute atomic E-state index is 5.35. The van der Waals surface area contributed by atoms with Gasteiger partial charge in [0.15, 0.2) is 0 Å². The monoisotopic (exact) mass is 235 g/mol. The molecular weight excluding hydrogens is 214 g/mol. The summed E-state index contributed by atoms with van der Waals surface area (Å²) >= 11 is 0. The molecule has 94 valence electrons. The molecule has 2 rings (SSSR count). The number of pyridine rings is 1. The summed E-state index contributed by atoms with van der Waals surface area (Å²) in [4.78, 5) is 4.23. The van der Waals surface area contributed by atoms with Crippen LogP contribution in [0.15, 0.2) is 18.5 Å². The van der Waals surface area contributed by atoms with Crippen LogP contribution in [0.2, 0.25) is 0 Å². The molecule has 1 aliphatic heterocycles. The van der Waals surface area contributed by atoms with E-state index >= 15 is 0 Å². The third kappa shape index (κ3) is 3.89. The van der Waals surface area contributed by atoms with Gasteiger partial charge in [0.25, 0.3) is 0 Å². The van der Waals surface area contributed by atoms with E-state index in [9.17, 15) is 0 Å². The van der Waals surface area contributed by atoms with Crippen LogP contribution in [0.4, 0.5) is 11.4 Å². The maximum atomic E-state index is 5.35. The van der Waals surface area contributed by atoms with Crippen LogP contribution in [0.1, 0.15) is 19.8 Å². The lowest BCUT2D eigenvalue weighted by atomic mass is 10.1. The van der Waals surface area contributed by atoms with Crippen molar-refractivity contribution in [2.24, 2.45) is 5.92 Å². The molecule has 0 saturated carbocycles. The molecule has 1 aromatic rings. The lowest BCUT2D eigenvalue weighted by Gasteiger charge is -2.11. The average molecular weight is 235 g/mol. The molecule has 2 N–H and O–H groups in total. The second-order valence-electron chi connectivity index (χ2n) is 4.50. The molecule has 0 radical (unpaired) electrons. The van der Waals surface area contributed by atoms with E-state index < -0.39 is 0 Å². The van der Waals surface area contributed by atoms with Crippen molar-refractivity contribution in [3.05, 3.63) is 18.5 Å². The molecule has 17 heavy (non-hydrogen) atoms. The number of anilines is 2. The molecule has 4 heteroatoms. The first kappa shape index (κ1) is 12.2. The SMILES string of the molecule is CCCNc1cncc(NCC2CCOC2)c1. The fraction of sp³-hybridized carbons (Fsp3) is 0.615. The van der Waals surface area contributed by atoms with Crippen LogP contribution in [-0.4, -0.2) is 31.3 Å². The molecule has 4 nitrogen and oxygen atoms in total. The predicted octanol–water partition coefficient (Wildman–Crippen LogP) is 2.35. The van der Waals surface area contributed by atoms with Gasteiger partial charge >= 0.3 is 0 Å². The third-order valence-electron chi connectivity index (χ3n) is 2.94. The maximum Gasteiger partial charge on any atom is 0.0547 e. The molecule has 0 aromatic carbocycles. The first-order chi connectivity index (χ1) is 8.38. The Labute approximate surface area is 103 Å². The first-order valence-electron chi connectivity index (χ1n) is 6.39. The van der Waals surface area contributed by atoms with E-state index in [-0.39, 0.29) is 0 Å². The molecule has 1 aromatic heterocycles. The van der Waals surface area contributed by atoms with Gasteiger partial charge in [-0.2, -0.15) is 0 Å². The van der Waals surface area contributed by atoms with E-state index in [4.69, 9.17) is 4.74 Å². The van der Waals surface area contributed by atoms with Crippen molar-refractivity contribution in [3.8, 4) is 0 Å². The van der Waals surface area contributed by atoms with Gasteiger partial charge in [0.1, 0.15) is 0 Å². The minimum absolute atomic E-state index is 0.641. The highest BCUT2D eigenvalue weighted by Gasteiger charge is 2.14. The molecule has 0 bridgehead atoms. The van der Waals surface area contributed by atoms with Crippen LogP contribution in [0.5, 0.6) is 0 Å². The zero-order valence-electron chi connectivity index (χ0n) is 10.4. The molecule has 0 spiro atoms. The normalized spacial score (nSPS) is 19.2. The highest BCUT2D eigenvalue weighted by molar-refractivity contribution is 5.53. The molecule has 1 aliphatic rings. The zero-order valence-corrected chi connectivity index (χ0v) is 10.4. The van der Waals surface area contributed by atoms with Gasteiger partial charge in [-0.25, -0.2) is 0 Å². The van der Waals surface area contributed by atoms with Crippen LogP contribution >= 0.6 is 0 Å². The van der Waals surface area contributed by atoms with Gasteiger partial charge < -0.3 is 15.4 Å². The Hall–Kier alpha value is -1.29. The quantitative estimate of drug-likeness (QED) is 0.794. The molecule has 2 heterocycles. The van der Waals surface area contributed by atoms with Gasteiger partial charge in [0.2, 0.25) is 0 Å². The molecule has 1 saturated heterocycles. The van der Waals surface area contributed by atoms with Gasteiger partial charge in [-0.1, -0.05) is 6.92 Å². The summed E-state index contributed by atoms with van der Waals surface area (Å²) in [5.74, 6) is 0.641. The highest BCUT2D eigenvalue weighted by atomic mass is 16.5. The predicted molar refractivity (Wildman–Crippen MR) is 70.4 cm³/mol. The van der Waals surface area contributed by atoms with E-state index in [1.54, 1.807) is 0 Å². The lowest BCUT2D eigenvalue weighted by Crippen LogP contribution is -2.14. The number of aromatic nitrogens is 1. The molecular formula is C13H21N3O. The summed E-state index contributed by atoms with van der Waals surface area (Å²) in [5.41, 5.74) is 2.16. The number of hydrogen-bond acceptors (Lipinski definition) is 4. The minimum Gasteiger partial charge on any atom is -0.384 e. The van der Waals surface area contributed by atoms with Crippen LogP contribution < -0.4 is 10.6 Å². The summed E-state index contributed by atoms with van der Waals surface area (Å²) in [6.45, 7) is 5.90. The van der Waals surface area contributed by atoms with Crippen molar-refractivity contribution in [3.63, 3.8) is 0 Å². The number of ether oxygens (including phenoxy) is 1. The number of hydrogen-bond donors (Lipinski definition) is 2. The van der Waals surface area contributed by atoms with E-state index in [0.29, 0.717) is 5.92 Å². The van der Waals surface area contributed by atoms with Crippen LogP contribution in [0.25, 0.3) is 0 Å². The Balaban J connectivity index is 1.82. The average Bonchev–Trinajstić information content (AvgIpc) is 2.87. The Kier molecular flexibility index (Phi) is 4.62. The largest absolute Gasteiger partial charge is 0.384 e. The lowest BCUT2D eigenvalue weighted by molar-refractivity contribution is 0.187. The number of rotatable bonds is 6. The highest BCUT2D eigenvalue weighted by Crippen LogP contribution is 2.16. The van der Waals surface area contributed by atoms with Gasteiger partial charge in [-0.05, 0) is 18.9 Å². The van der Waals surface area contributed by atoms with Crippen LogP contribution in [-0.2, 0) is 4.74 Å². The molecule has 1 fully saturated rings. The summed E-state index contributed by atoms with van der Waals surface area (Å²) in [6, 6.07) is 2.11. The van der Waals surface area contributed by atoms with Crippen molar-refractivity contribution in [2.45, 2.75) is 19.8 Å². The van der Waals surface area contributed by atoms with Crippen molar-refractivity contribution >= 4 is 11.4 Å². The van der Waals surface area contributed by atoms with E-state index in [1.807, 2.05) is 12.4 Å². The summed E-state index contributed by atoms with van der Waals surface area (Å²) in [6.07, 6.45) is 6.01. The minimum atomic E-state index is 0.641. The Morgan fingerprint density at radius 3 is 2.88 bits per heavy atom. The summed E-state index contributed by atoms with van der Waals surface area (Å²) in [5, 5.41) is 6.76. The molecule has 0 aliphatic carbocycles. The van der Waals surface area contributed by atoms with Crippen molar-refractivity contribution in [1.29, 1.82) is 0 Å². The van der Waals surface area contributed by atoms with E-state index in [2.05, 4.69) is 28.6 Å². The van der Waals surface area contributed by atoms with Crippen LogP contribution in [0.3, 0.4) is 0 Å². The summed E-state index contributed by atoms with van der Waals surface area (Å²) in [7, 11) is 0. The van der Waals surface area contributed by atoms with Crippen molar-refractivity contribution in [2.75, 3.05) is 36.9 Å². The number of nitrogens with one attached hydrogen (secondary N) is 2. The van der Waals surface area contributed by atoms with Crippen molar-refractivity contribution in [1.82, 2.24) is 4.98 Å². The number of nitrogens with zero attached hydrogens (tertiary/aromatic N) is 1. The van der Waals surface area contributed by atoms with Crippen molar-refractivity contribution < 1.29 is 4.74 Å². The summed E-state index contributed by atoms with van der Waals surface area (Å²) < 4.78 is 5.35. The molecule has 1 atom stereocenters. The third-order valence-corrected chi connectivity index (χ3v) is 2.94. The Morgan fingerprint density at radius 2 is 2.18 bits per heavy atom. The first-order valence-corrected chi connectivity index (χ1v) is 6.39. The molecule has 0 amide bonds. The standard InChI is InChI=1S/C13H21N3O/c1-2-4-15-12-6-13(9-14-8-12)16-7-11-3-5-17-10-11/h6,8-9,11,15-16H,2-5,7,10H2,1H3. The van der Waals surface area contributed by atoms with Crippen LogP contribution in [0, 0.1) is 5.92 Å². The van der Waals surface area contributed by atoms with Gasteiger partial charge in [0, 0.05) is 25.6 Å². The Bertz CT molecular complexity index is 337. The smallest absolute Gasteiger partial charge is 0.0547 e. The topological polar surface area (TPSA) is 46.2 Å².